The number of nitrogens with two attached hydrogens (primary N) is 1. The van der Waals surface area contributed by atoms with Gasteiger partial charge in [0.25, 0.3) is 11.8 Å². The number of halogens is 1. The minimum Gasteiger partial charge on any atom is -0.459 e. The first-order valence-corrected chi connectivity index (χ1v) is 6.06. The van der Waals surface area contributed by atoms with E-state index in [4.69, 9.17) is 21.8 Å². The number of carbonyl (C=O) groups excluding carboxylic acids is 2. The molecular weight excluding hydrogens is 280 g/mol. The zero-order valence-corrected chi connectivity index (χ0v) is 11.1. The highest BCUT2D eigenvalue weighted by Gasteiger charge is 2.13. The molecule has 3 N–H and O–H groups in total. The van der Waals surface area contributed by atoms with Crippen molar-refractivity contribution >= 4 is 29.5 Å². The third-order valence-corrected chi connectivity index (χ3v) is 2.69. The van der Waals surface area contributed by atoms with E-state index in [1.54, 1.807) is 30.3 Å². The molecule has 0 bridgehead atoms. The average Bonchev–Trinajstić information content (AvgIpc) is 2.94. The summed E-state index contributed by atoms with van der Waals surface area (Å²) in [4.78, 5) is 23.1. The predicted molar refractivity (Wildman–Crippen MR) is 74.8 cm³/mol. The first kappa shape index (κ1) is 13.9. The van der Waals surface area contributed by atoms with Gasteiger partial charge in [-0.15, -0.1) is 0 Å². The summed E-state index contributed by atoms with van der Waals surface area (Å²) in [6.45, 7) is 0. The number of hydrogen-bond donors (Lipinski definition) is 2. The van der Waals surface area contributed by atoms with Crippen LogP contribution in [0.1, 0.15) is 16.1 Å². The molecule has 2 rings (SSSR count). The van der Waals surface area contributed by atoms with E-state index in [1.165, 1.54) is 18.4 Å². The second kappa shape index (κ2) is 6.08. The zero-order valence-electron chi connectivity index (χ0n) is 10.3. The zero-order chi connectivity index (χ0) is 14.5. The molecule has 0 radical (unpaired) electrons. The Morgan fingerprint density at radius 3 is 2.45 bits per heavy atom. The molecule has 1 aromatic carbocycles. The predicted octanol–water partition coefficient (Wildman–Crippen LogP) is 2.19. The van der Waals surface area contributed by atoms with Gasteiger partial charge in [-0.3, -0.25) is 9.59 Å². The molecule has 0 spiro atoms. The Bertz CT molecular complexity index is 646. The standard InChI is InChI=1S/C14H11ClN2O3/c15-10-5-3-9(4-6-10)8-11(13(16)18)17-14(19)12-2-1-7-20-12/h1-8H,(H2,16,18)(H,17,19). The maximum absolute atomic E-state index is 11.8. The van der Waals surface area contributed by atoms with Crippen molar-refractivity contribution in [2.24, 2.45) is 5.73 Å². The fourth-order valence-electron chi connectivity index (χ4n) is 1.49. The number of primary amides is 1. The lowest BCUT2D eigenvalue weighted by Gasteiger charge is -2.05. The molecule has 0 fully saturated rings. The Morgan fingerprint density at radius 1 is 1.20 bits per heavy atom. The van der Waals surface area contributed by atoms with Gasteiger partial charge in [0, 0.05) is 5.02 Å². The van der Waals surface area contributed by atoms with Crippen molar-refractivity contribution in [2.75, 3.05) is 0 Å². The van der Waals surface area contributed by atoms with Crippen LogP contribution in [0.3, 0.4) is 0 Å². The van der Waals surface area contributed by atoms with Crippen LogP contribution >= 0.6 is 11.6 Å². The molecule has 0 unspecified atom stereocenters. The highest BCUT2D eigenvalue weighted by atomic mass is 35.5. The number of hydrogen-bond acceptors (Lipinski definition) is 3. The molecule has 2 aromatic rings. The smallest absolute Gasteiger partial charge is 0.291 e. The molecule has 0 aliphatic heterocycles. The normalized spacial score (nSPS) is 11.2. The Labute approximate surface area is 120 Å². The van der Waals surface area contributed by atoms with Crippen LogP contribution in [-0.2, 0) is 4.79 Å². The summed E-state index contributed by atoms with van der Waals surface area (Å²) in [5.41, 5.74) is 5.89. The molecule has 6 heteroatoms. The number of rotatable bonds is 4. The first-order valence-electron chi connectivity index (χ1n) is 5.68. The van der Waals surface area contributed by atoms with E-state index in [0.29, 0.717) is 10.6 Å². The van der Waals surface area contributed by atoms with Crippen molar-refractivity contribution in [1.82, 2.24) is 5.32 Å². The molecular formula is C14H11ClN2O3. The summed E-state index contributed by atoms with van der Waals surface area (Å²) in [6.07, 6.45) is 2.82. The molecule has 20 heavy (non-hydrogen) atoms. The van der Waals surface area contributed by atoms with Gasteiger partial charge in [0.05, 0.1) is 6.26 Å². The van der Waals surface area contributed by atoms with Crippen molar-refractivity contribution < 1.29 is 14.0 Å². The number of amides is 2. The van der Waals surface area contributed by atoms with Gasteiger partial charge in [-0.05, 0) is 35.9 Å². The molecule has 1 aromatic heterocycles. The van der Waals surface area contributed by atoms with Gasteiger partial charge >= 0.3 is 0 Å². The molecule has 102 valence electrons. The minimum atomic E-state index is -0.750. The third-order valence-electron chi connectivity index (χ3n) is 2.44. The van der Waals surface area contributed by atoms with Gasteiger partial charge in [-0.1, -0.05) is 23.7 Å². The Balaban J connectivity index is 2.21. The van der Waals surface area contributed by atoms with E-state index in [1.807, 2.05) is 0 Å². The maximum atomic E-state index is 11.8. The summed E-state index contributed by atoms with van der Waals surface area (Å²) in [5, 5.41) is 2.97. The van der Waals surface area contributed by atoms with E-state index in [0.717, 1.165) is 0 Å². The van der Waals surface area contributed by atoms with Crippen LogP contribution < -0.4 is 11.1 Å². The molecule has 0 saturated heterocycles. The van der Waals surface area contributed by atoms with Crippen LogP contribution in [0, 0.1) is 0 Å². The first-order chi connectivity index (χ1) is 9.56. The lowest BCUT2D eigenvalue weighted by atomic mass is 10.2. The van der Waals surface area contributed by atoms with Crippen molar-refractivity contribution in [3.63, 3.8) is 0 Å². The summed E-state index contributed by atoms with van der Waals surface area (Å²) in [7, 11) is 0. The highest BCUT2D eigenvalue weighted by molar-refractivity contribution is 6.30. The molecule has 2 amide bonds. The topological polar surface area (TPSA) is 85.3 Å². The second-order valence-corrected chi connectivity index (χ2v) is 4.34. The highest BCUT2D eigenvalue weighted by Crippen LogP contribution is 2.12. The summed E-state index contributed by atoms with van der Waals surface area (Å²) < 4.78 is 4.93. The van der Waals surface area contributed by atoms with Crippen LogP contribution in [0.5, 0.6) is 0 Å². The van der Waals surface area contributed by atoms with Gasteiger partial charge in [-0.25, -0.2) is 0 Å². The molecule has 0 saturated carbocycles. The minimum absolute atomic E-state index is 0.0336. The number of nitrogens with one attached hydrogen (secondary N) is 1. The molecule has 5 nitrogen and oxygen atoms in total. The van der Waals surface area contributed by atoms with Crippen molar-refractivity contribution in [1.29, 1.82) is 0 Å². The molecule has 0 atom stereocenters. The molecule has 0 aliphatic carbocycles. The Kier molecular flexibility index (Phi) is 4.22. The van der Waals surface area contributed by atoms with Gasteiger partial charge in [0.1, 0.15) is 5.70 Å². The van der Waals surface area contributed by atoms with Crippen LogP contribution in [0.15, 0.2) is 52.8 Å². The van der Waals surface area contributed by atoms with E-state index < -0.39 is 11.8 Å². The number of benzene rings is 1. The summed E-state index contributed by atoms with van der Waals surface area (Å²) in [6, 6.07) is 9.79. The van der Waals surface area contributed by atoms with E-state index >= 15 is 0 Å². The van der Waals surface area contributed by atoms with Gasteiger partial charge in [0.2, 0.25) is 0 Å². The van der Waals surface area contributed by atoms with Crippen LogP contribution in [-0.4, -0.2) is 11.8 Å². The Morgan fingerprint density at radius 2 is 1.90 bits per heavy atom. The largest absolute Gasteiger partial charge is 0.459 e. The quantitative estimate of drug-likeness (QED) is 0.846. The van der Waals surface area contributed by atoms with E-state index in [-0.39, 0.29) is 11.5 Å². The van der Waals surface area contributed by atoms with Gasteiger partial charge < -0.3 is 15.5 Å². The monoisotopic (exact) mass is 290 g/mol. The van der Waals surface area contributed by atoms with Crippen molar-refractivity contribution in [3.05, 3.63) is 64.7 Å². The third kappa shape index (κ3) is 3.49. The van der Waals surface area contributed by atoms with Crippen LogP contribution in [0.25, 0.3) is 6.08 Å². The summed E-state index contributed by atoms with van der Waals surface area (Å²) in [5.74, 6) is -1.21. The number of carbonyl (C=O) groups is 2. The van der Waals surface area contributed by atoms with Gasteiger partial charge in [0.15, 0.2) is 5.76 Å². The van der Waals surface area contributed by atoms with Gasteiger partial charge in [-0.2, -0.15) is 0 Å². The van der Waals surface area contributed by atoms with Crippen molar-refractivity contribution in [2.45, 2.75) is 0 Å². The van der Waals surface area contributed by atoms with Crippen molar-refractivity contribution in [3.8, 4) is 0 Å². The lowest BCUT2D eigenvalue weighted by molar-refractivity contribution is -0.114. The van der Waals surface area contributed by atoms with E-state index in [2.05, 4.69) is 5.32 Å². The van der Waals surface area contributed by atoms with Crippen LogP contribution in [0.2, 0.25) is 5.02 Å². The number of furan rings is 1. The maximum Gasteiger partial charge on any atom is 0.291 e. The fraction of sp³-hybridized carbons (Fsp3) is 0. The Hall–Kier alpha value is -2.53. The molecule has 1 heterocycles. The van der Waals surface area contributed by atoms with Crippen LogP contribution in [0.4, 0.5) is 0 Å². The summed E-state index contributed by atoms with van der Waals surface area (Å²) >= 11 is 5.77. The average molecular weight is 291 g/mol. The lowest BCUT2D eigenvalue weighted by Crippen LogP contribution is -2.30. The van der Waals surface area contributed by atoms with E-state index in [9.17, 15) is 9.59 Å². The SMILES string of the molecule is NC(=O)C(=Cc1ccc(Cl)cc1)NC(=O)c1ccco1. The fourth-order valence-corrected chi connectivity index (χ4v) is 1.61. The second-order valence-electron chi connectivity index (χ2n) is 3.91. The molecule has 0 aliphatic rings.